The summed E-state index contributed by atoms with van der Waals surface area (Å²) in [7, 11) is -10.5. The van der Waals surface area contributed by atoms with Gasteiger partial charge in [0.1, 0.15) is 6.54 Å². The average molecular weight is 1250 g/mol. The number of hydrogen-bond donors (Lipinski definition) is 4. The molecule has 0 spiro atoms. The van der Waals surface area contributed by atoms with Crippen molar-refractivity contribution in [1.29, 1.82) is 0 Å². The van der Waals surface area contributed by atoms with Crippen LogP contribution in [0.1, 0.15) is 69.9 Å². The predicted octanol–water partition coefficient (Wildman–Crippen LogP) is 4.92. The van der Waals surface area contributed by atoms with Crippen molar-refractivity contribution in [3.05, 3.63) is 71.5 Å². The molecule has 0 radical (unpaired) electrons. The van der Waals surface area contributed by atoms with Crippen molar-refractivity contribution in [2.24, 2.45) is 0 Å². The molecule has 4 rings (SSSR count). The lowest BCUT2D eigenvalue weighted by Gasteiger charge is -2.30. The summed E-state index contributed by atoms with van der Waals surface area (Å²) in [6.07, 6.45) is 7.58. The Morgan fingerprint density at radius 1 is 0.536 bits per heavy atom. The van der Waals surface area contributed by atoms with E-state index in [0.29, 0.717) is 172 Å². The molecule has 0 fully saturated rings. The van der Waals surface area contributed by atoms with Gasteiger partial charge in [0.15, 0.2) is 5.71 Å². The molecule has 478 valence electrons. The van der Waals surface area contributed by atoms with Crippen molar-refractivity contribution >= 4 is 53.4 Å². The summed E-state index contributed by atoms with van der Waals surface area (Å²) >= 11 is 0. The lowest BCUT2D eigenvalue weighted by Crippen LogP contribution is -2.33. The third-order valence-corrected chi connectivity index (χ3v) is 16.4. The lowest BCUT2D eigenvalue weighted by atomic mass is 9.76. The monoisotopic (exact) mass is 1250 g/mol. The quantitative estimate of drug-likeness (QED) is 0.0388. The van der Waals surface area contributed by atoms with Crippen LogP contribution in [-0.4, -0.2) is 239 Å². The number of nitrogens with zero attached hydrogens (tertiary/aromatic N) is 2. The number of anilines is 1. The highest BCUT2D eigenvalue weighted by molar-refractivity contribution is 7.86. The number of carbonyl (C=O) groups is 1. The summed E-state index contributed by atoms with van der Waals surface area (Å²) in [5, 5.41) is 9.35. The van der Waals surface area contributed by atoms with Crippen LogP contribution in [0, 0.1) is 0 Å². The minimum atomic E-state index is -4.69. The molecule has 0 amide bonds. The molecule has 4 N–H and O–H groups in total. The van der Waals surface area contributed by atoms with Gasteiger partial charge in [0.25, 0.3) is 30.4 Å². The first kappa shape index (κ1) is 72.6. The van der Waals surface area contributed by atoms with Gasteiger partial charge < -0.3 is 66.8 Å². The third kappa shape index (κ3) is 25.4. The summed E-state index contributed by atoms with van der Waals surface area (Å²) in [6, 6.07) is 8.58. The van der Waals surface area contributed by atoms with Crippen LogP contribution >= 0.6 is 0 Å². The smallest absolute Gasteiger partial charge is 0.303 e. The molecule has 2 atom stereocenters. The number of ether oxygens (including phenoxy) is 12. The molecule has 25 nitrogen and oxygen atoms in total. The van der Waals surface area contributed by atoms with Crippen LogP contribution < -0.4 is 4.90 Å². The van der Waals surface area contributed by atoms with Crippen LogP contribution in [0.4, 0.5) is 11.4 Å². The number of unbranched alkanes of at least 4 members (excludes halogenated alkanes) is 2. The first-order chi connectivity index (χ1) is 40.2. The van der Waals surface area contributed by atoms with Crippen molar-refractivity contribution in [1.82, 2.24) is 0 Å². The summed E-state index contributed by atoms with van der Waals surface area (Å²) in [5.41, 5.74) is 1.61. The Morgan fingerprint density at radius 2 is 0.952 bits per heavy atom. The molecular weight excluding hydrogens is 1160 g/mol. The molecule has 0 aromatic heterocycles. The largest absolute Gasteiger partial charge is 0.481 e. The Labute approximate surface area is 495 Å². The number of fused-ring (bicyclic) bond motifs is 2. The molecule has 2 unspecified atom stereocenters. The summed E-state index contributed by atoms with van der Waals surface area (Å²) < 4.78 is 173. The lowest BCUT2D eigenvalue weighted by molar-refractivity contribution is -0.437. The highest BCUT2D eigenvalue weighted by Crippen LogP contribution is 2.51. The van der Waals surface area contributed by atoms with Gasteiger partial charge >= 0.3 is 5.97 Å². The van der Waals surface area contributed by atoms with Crippen LogP contribution in [0.2, 0.25) is 0 Å². The average Bonchev–Trinajstić information content (AvgIpc) is 1.84. The molecule has 0 saturated carbocycles. The summed E-state index contributed by atoms with van der Waals surface area (Å²) in [5.74, 6) is -1.48. The number of rotatable bonds is 50. The zero-order valence-corrected chi connectivity index (χ0v) is 51.4. The van der Waals surface area contributed by atoms with Gasteiger partial charge in [0.2, 0.25) is 5.69 Å². The van der Waals surface area contributed by atoms with Crippen molar-refractivity contribution in [2.45, 2.75) is 79.4 Å². The number of carboxylic acid groups (broad SMARTS) is 1. The van der Waals surface area contributed by atoms with Gasteiger partial charge in [0, 0.05) is 81.3 Å². The maximum absolute atomic E-state index is 12.7. The van der Waals surface area contributed by atoms with E-state index in [9.17, 15) is 48.8 Å². The summed E-state index contributed by atoms with van der Waals surface area (Å²) in [4.78, 5) is 12.8. The van der Waals surface area contributed by atoms with E-state index in [4.69, 9.17) is 56.8 Å². The number of hydrogen-bond acceptors (Lipinski definition) is 20. The number of benzene rings is 2. The predicted molar refractivity (Wildman–Crippen MR) is 310 cm³/mol. The van der Waals surface area contributed by atoms with Gasteiger partial charge in [-0.25, -0.2) is 0 Å². The van der Waals surface area contributed by atoms with Crippen LogP contribution in [-0.2, 0) is 103 Å². The van der Waals surface area contributed by atoms with Gasteiger partial charge in [-0.3, -0.25) is 18.5 Å². The van der Waals surface area contributed by atoms with Crippen molar-refractivity contribution in [2.75, 3.05) is 183 Å². The van der Waals surface area contributed by atoms with E-state index in [1.807, 2.05) is 35.5 Å². The molecule has 2 aliphatic heterocycles. The SMILES string of the molecule is COCCOCCOCCOCCOCCOCCC1(C)C(=CC=CC2=[N+](CCCS(=O)(=O)O)c3ccc(S(=O)(=O)O)cc3C2(C)CCOCCOCCOCCOCCOCCOC)N(CCCCCC(=O)O)c2ccc(S(=O)(=O)O)cc21. The Bertz CT molecular complexity index is 2720. The van der Waals surface area contributed by atoms with Crippen LogP contribution in [0.25, 0.3) is 0 Å². The number of allylic oxidation sites excluding steroid dienone is 4. The van der Waals surface area contributed by atoms with Gasteiger partial charge in [0.05, 0.1) is 153 Å². The molecule has 2 aliphatic rings. The molecule has 0 aliphatic carbocycles. The van der Waals surface area contributed by atoms with Gasteiger partial charge in [-0.15, -0.1) is 0 Å². The summed E-state index contributed by atoms with van der Waals surface area (Å²) in [6.45, 7) is 12.2. The molecule has 2 heterocycles. The first-order valence-corrected chi connectivity index (χ1v) is 32.6. The molecule has 2 aromatic carbocycles. The molecule has 0 bridgehead atoms. The fraction of sp³-hybridized carbons (Fsp3) is 0.679. The van der Waals surface area contributed by atoms with Crippen LogP contribution in [0.15, 0.2) is 70.1 Å². The molecule has 0 saturated heterocycles. The second-order valence-corrected chi connectivity index (χ2v) is 24.4. The van der Waals surface area contributed by atoms with Crippen LogP contribution in [0.3, 0.4) is 0 Å². The normalized spacial score (nSPS) is 17.8. The highest BCUT2D eigenvalue weighted by Gasteiger charge is 2.49. The second kappa shape index (κ2) is 38.4. The Hall–Kier alpha value is -3.89. The second-order valence-electron chi connectivity index (χ2n) is 20.0. The van der Waals surface area contributed by atoms with E-state index in [-0.39, 0.29) is 75.2 Å². The molecular formula is C56H89N2O23S3+. The van der Waals surface area contributed by atoms with E-state index in [1.165, 1.54) is 30.3 Å². The number of methoxy groups -OCH3 is 2. The fourth-order valence-electron chi connectivity index (χ4n) is 9.55. The van der Waals surface area contributed by atoms with Crippen molar-refractivity contribution < 1.29 is 110 Å². The van der Waals surface area contributed by atoms with E-state index < -0.39 is 52.9 Å². The van der Waals surface area contributed by atoms with E-state index in [1.54, 1.807) is 26.4 Å². The van der Waals surface area contributed by atoms with Gasteiger partial charge in [-0.2, -0.15) is 29.8 Å². The van der Waals surface area contributed by atoms with Gasteiger partial charge in [-0.05, 0) is 81.5 Å². The van der Waals surface area contributed by atoms with E-state index in [0.717, 1.165) is 0 Å². The zero-order valence-electron chi connectivity index (χ0n) is 49.0. The number of carboxylic acids is 1. The third-order valence-electron chi connectivity index (χ3n) is 13.9. The van der Waals surface area contributed by atoms with E-state index in [2.05, 4.69) is 0 Å². The van der Waals surface area contributed by atoms with Crippen molar-refractivity contribution in [3.63, 3.8) is 0 Å². The zero-order chi connectivity index (χ0) is 61.3. The minimum absolute atomic E-state index is 0.0154. The highest BCUT2D eigenvalue weighted by atomic mass is 32.2. The minimum Gasteiger partial charge on any atom is -0.481 e. The molecule has 2 aromatic rings. The number of aliphatic carboxylic acids is 1. The standard InChI is InChI=1S/C56H88N2O23S3/c1-55(17-21-72-27-29-76-35-37-80-41-39-78-33-31-74-25-23-70-3)48-44-46(83(64,65)66)13-15-50(48)57(19-7-5-6-12-54(59)60)52(55)10-8-11-53-56(2,18-22-73-28-30-77-36-38-81-42-40-79-34-32-75-26-24-71-4)49-45-47(84(67,68)69)14-16-51(49)58(53)20-9-43-82(61,62)63/h8,10-11,13-16,44-45H,5-7,9,12,17-43H2,1-4H3,(H3-,59,60,61,62,63,64,65,66,67,68,69)/p+1. The van der Waals surface area contributed by atoms with E-state index >= 15 is 0 Å². The van der Waals surface area contributed by atoms with Crippen LogP contribution in [0.5, 0.6) is 0 Å². The molecule has 28 heteroatoms. The fourth-order valence-corrected chi connectivity index (χ4v) is 11.1. The Morgan fingerprint density at radius 3 is 1.38 bits per heavy atom. The Kier molecular flexibility index (Phi) is 33.2. The topological polar surface area (TPSA) is 317 Å². The van der Waals surface area contributed by atoms with Gasteiger partial charge in [-0.1, -0.05) is 12.5 Å². The molecule has 84 heavy (non-hydrogen) atoms. The Balaban J connectivity index is 1.58. The first-order valence-electron chi connectivity index (χ1n) is 28.1. The maximum atomic E-state index is 12.7. The van der Waals surface area contributed by atoms with Crippen molar-refractivity contribution in [3.8, 4) is 0 Å². The maximum Gasteiger partial charge on any atom is 0.303 e.